The minimum atomic E-state index is -5.03. The van der Waals surface area contributed by atoms with E-state index in [9.17, 15) is 27.6 Å². The van der Waals surface area contributed by atoms with Gasteiger partial charge in [0.05, 0.1) is 16.6 Å². The van der Waals surface area contributed by atoms with Gasteiger partial charge in [-0.25, -0.2) is 0 Å². The number of nitrogens with zero attached hydrogens (tertiary/aromatic N) is 1. The van der Waals surface area contributed by atoms with Crippen LogP contribution in [0.3, 0.4) is 0 Å². The van der Waals surface area contributed by atoms with Crippen molar-refractivity contribution in [1.82, 2.24) is 0 Å². The van der Waals surface area contributed by atoms with Crippen molar-refractivity contribution in [3.8, 4) is 0 Å². The Morgan fingerprint density at radius 1 is 0.966 bits per heavy atom. The number of carbonyl (C=O) groups is 3. The Balaban J connectivity index is 2.34. The molecule has 0 radical (unpaired) electrons. The summed E-state index contributed by atoms with van der Waals surface area (Å²) in [4.78, 5) is 36.3. The van der Waals surface area contributed by atoms with Gasteiger partial charge in [0.25, 0.3) is 5.78 Å². The molecule has 0 aliphatic rings. The molecule has 0 saturated heterocycles. The summed E-state index contributed by atoms with van der Waals surface area (Å²) in [6.45, 7) is 0.988. The fourth-order valence-corrected chi connectivity index (χ4v) is 2.58. The van der Waals surface area contributed by atoms with Gasteiger partial charge in [-0.05, 0) is 49.4 Å². The normalized spacial score (nSPS) is 11.5. The number of Topliss-reactive ketones (excluding diaryl/α,β-unsaturated/α-hetero) is 2. The Labute approximate surface area is 174 Å². The van der Waals surface area contributed by atoms with Crippen molar-refractivity contribution in [3.05, 3.63) is 75.9 Å². The van der Waals surface area contributed by atoms with Crippen LogP contribution in [0.5, 0.6) is 0 Å². The second-order valence-corrected chi connectivity index (χ2v) is 6.78. The number of ketones is 3. The highest BCUT2D eigenvalue weighted by atomic mass is 35.5. The first-order valence-corrected chi connectivity index (χ1v) is 8.90. The molecule has 0 aliphatic heterocycles. The highest BCUT2D eigenvalue weighted by molar-refractivity contribution is 6.42. The first kappa shape index (κ1) is 22.6. The van der Waals surface area contributed by atoms with Crippen LogP contribution in [0.2, 0.25) is 10.0 Å². The third-order valence-electron chi connectivity index (χ3n) is 3.85. The lowest BCUT2D eigenvalue weighted by Crippen LogP contribution is -2.26. The highest BCUT2D eigenvalue weighted by Gasteiger charge is 2.36. The van der Waals surface area contributed by atoms with E-state index in [0.717, 1.165) is 6.20 Å². The molecule has 0 unspecified atom stereocenters. The summed E-state index contributed by atoms with van der Waals surface area (Å²) in [5, 5.41) is 0.397. The Morgan fingerprint density at radius 2 is 1.55 bits per heavy atom. The highest BCUT2D eigenvalue weighted by Crippen LogP contribution is 2.24. The molecule has 0 aromatic heterocycles. The van der Waals surface area contributed by atoms with E-state index in [4.69, 9.17) is 23.2 Å². The molecule has 152 valence electrons. The number of alkyl halides is 3. The molecule has 2 aromatic carbocycles. The van der Waals surface area contributed by atoms with Gasteiger partial charge in [-0.1, -0.05) is 23.2 Å². The molecule has 0 bridgehead atoms. The molecule has 0 heterocycles. The summed E-state index contributed by atoms with van der Waals surface area (Å²) < 4.78 is 37.5. The quantitative estimate of drug-likeness (QED) is 0.416. The molecule has 29 heavy (non-hydrogen) atoms. The van der Waals surface area contributed by atoms with Gasteiger partial charge >= 0.3 is 6.18 Å². The molecule has 0 N–H and O–H groups in total. The first-order valence-electron chi connectivity index (χ1n) is 8.14. The van der Waals surface area contributed by atoms with Crippen LogP contribution >= 0.6 is 23.2 Å². The maximum Gasteiger partial charge on any atom is 0.454 e. The molecule has 4 nitrogen and oxygen atoms in total. The Bertz CT molecular complexity index is 970. The third kappa shape index (κ3) is 6.17. The van der Waals surface area contributed by atoms with Crippen LogP contribution in [0.15, 0.2) is 54.7 Å². The molecule has 2 rings (SSSR count). The Morgan fingerprint density at radius 3 is 2.07 bits per heavy atom. The number of anilines is 1. The standard InChI is InChI=1S/C20H14Cl2F3NO3/c1-12(27)13-2-5-15(6-3-13)26(9-8-19(29)20(23,24)25)11-18(28)14-4-7-16(21)17(22)10-14/h2-10H,11H2,1H3/b9-8+. The van der Waals surface area contributed by atoms with Crippen molar-refractivity contribution in [3.63, 3.8) is 0 Å². The lowest BCUT2D eigenvalue weighted by atomic mass is 10.1. The van der Waals surface area contributed by atoms with Gasteiger partial charge in [0, 0.05) is 29.1 Å². The zero-order valence-corrected chi connectivity index (χ0v) is 16.5. The molecule has 0 saturated carbocycles. The minimum absolute atomic E-state index is 0.151. The van der Waals surface area contributed by atoms with E-state index in [-0.39, 0.29) is 27.9 Å². The molecule has 0 amide bonds. The van der Waals surface area contributed by atoms with Crippen LogP contribution in [0.1, 0.15) is 27.6 Å². The summed E-state index contributed by atoms with van der Waals surface area (Å²) in [5.74, 6) is -2.73. The summed E-state index contributed by atoms with van der Waals surface area (Å²) in [6.07, 6.45) is -3.83. The molecule has 0 spiro atoms. The number of halogens is 5. The number of hydrogen-bond acceptors (Lipinski definition) is 4. The molecule has 2 aromatic rings. The predicted molar refractivity (Wildman–Crippen MR) is 105 cm³/mol. The van der Waals surface area contributed by atoms with E-state index in [2.05, 4.69) is 0 Å². The van der Waals surface area contributed by atoms with Crippen molar-refractivity contribution in [1.29, 1.82) is 0 Å². The Kier molecular flexibility index (Phi) is 7.21. The molecular formula is C20H14Cl2F3NO3. The second kappa shape index (κ2) is 9.24. The van der Waals surface area contributed by atoms with Gasteiger partial charge < -0.3 is 4.90 Å². The number of benzene rings is 2. The van der Waals surface area contributed by atoms with Gasteiger partial charge in [-0.15, -0.1) is 0 Å². The molecule has 9 heteroatoms. The average molecular weight is 444 g/mol. The van der Waals surface area contributed by atoms with Crippen molar-refractivity contribution < 1.29 is 27.6 Å². The maximum atomic E-state index is 12.6. The zero-order chi connectivity index (χ0) is 21.8. The van der Waals surface area contributed by atoms with E-state index in [1.807, 2.05) is 0 Å². The molecule has 0 fully saturated rings. The van der Waals surface area contributed by atoms with Crippen LogP contribution in [0, 0.1) is 0 Å². The van der Waals surface area contributed by atoms with E-state index in [0.29, 0.717) is 17.3 Å². The zero-order valence-electron chi connectivity index (χ0n) is 15.0. The fourth-order valence-electron chi connectivity index (χ4n) is 2.29. The lowest BCUT2D eigenvalue weighted by Gasteiger charge is -2.20. The summed E-state index contributed by atoms with van der Waals surface area (Å²) in [7, 11) is 0. The monoisotopic (exact) mass is 443 g/mol. The number of carbonyl (C=O) groups excluding carboxylic acids is 3. The summed E-state index contributed by atoms with van der Waals surface area (Å²) >= 11 is 11.7. The summed E-state index contributed by atoms with van der Waals surface area (Å²) in [5.41, 5.74) is 0.898. The van der Waals surface area contributed by atoms with Crippen molar-refractivity contribution in [2.24, 2.45) is 0 Å². The van der Waals surface area contributed by atoms with Gasteiger partial charge in [-0.3, -0.25) is 14.4 Å². The predicted octanol–water partition coefficient (Wildman–Crippen LogP) is 5.53. The van der Waals surface area contributed by atoms with Crippen molar-refractivity contribution >= 4 is 46.2 Å². The Hall–Kier alpha value is -2.64. The van der Waals surface area contributed by atoms with Crippen LogP contribution in [0.25, 0.3) is 0 Å². The maximum absolute atomic E-state index is 12.6. The minimum Gasteiger partial charge on any atom is -0.340 e. The largest absolute Gasteiger partial charge is 0.454 e. The van der Waals surface area contributed by atoms with E-state index >= 15 is 0 Å². The molecular weight excluding hydrogens is 430 g/mol. The average Bonchev–Trinajstić information content (AvgIpc) is 2.66. The van der Waals surface area contributed by atoms with E-state index in [1.54, 1.807) is 0 Å². The van der Waals surface area contributed by atoms with Crippen molar-refractivity contribution in [2.45, 2.75) is 13.1 Å². The van der Waals surface area contributed by atoms with Crippen LogP contribution in [-0.2, 0) is 4.79 Å². The second-order valence-electron chi connectivity index (χ2n) is 5.96. The van der Waals surface area contributed by atoms with Crippen LogP contribution in [0.4, 0.5) is 18.9 Å². The molecule has 0 atom stereocenters. The number of hydrogen-bond donors (Lipinski definition) is 0. The number of allylic oxidation sites excluding steroid dienone is 1. The third-order valence-corrected chi connectivity index (χ3v) is 4.59. The number of rotatable bonds is 7. The van der Waals surface area contributed by atoms with Gasteiger partial charge in [0.2, 0.25) is 0 Å². The van der Waals surface area contributed by atoms with Crippen LogP contribution < -0.4 is 4.90 Å². The van der Waals surface area contributed by atoms with Gasteiger partial charge in [-0.2, -0.15) is 13.2 Å². The van der Waals surface area contributed by atoms with Gasteiger partial charge in [0.1, 0.15) is 0 Å². The summed E-state index contributed by atoms with van der Waals surface area (Å²) in [6, 6.07) is 10.0. The van der Waals surface area contributed by atoms with Crippen molar-refractivity contribution in [2.75, 3.05) is 11.4 Å². The van der Waals surface area contributed by atoms with Gasteiger partial charge in [0.15, 0.2) is 11.6 Å². The van der Waals surface area contributed by atoms with Crippen LogP contribution in [-0.4, -0.2) is 30.1 Å². The van der Waals surface area contributed by atoms with E-state index < -0.39 is 17.7 Å². The first-order chi connectivity index (χ1) is 13.5. The topological polar surface area (TPSA) is 54.5 Å². The molecule has 0 aliphatic carbocycles. The fraction of sp³-hybridized carbons (Fsp3) is 0.150. The van der Waals surface area contributed by atoms with E-state index in [1.165, 1.54) is 54.3 Å². The SMILES string of the molecule is CC(=O)c1ccc(N(/C=C/C(=O)C(F)(F)F)CC(=O)c2ccc(Cl)c(Cl)c2)cc1. The smallest absolute Gasteiger partial charge is 0.340 e. The lowest BCUT2D eigenvalue weighted by molar-refractivity contribution is -0.165.